The minimum Gasteiger partial charge on any atom is -0.497 e. The van der Waals surface area contributed by atoms with Crippen molar-refractivity contribution >= 4 is 5.91 Å². The molecule has 0 unspecified atom stereocenters. The number of fused-ring (bicyclic) bond motifs is 2. The molecule has 0 atom stereocenters. The minimum atomic E-state index is -0.0391. The first-order valence-electron chi connectivity index (χ1n) is 8.61. The summed E-state index contributed by atoms with van der Waals surface area (Å²) in [5, 5.41) is 0. The molecule has 0 aromatic heterocycles. The van der Waals surface area contributed by atoms with E-state index in [0.29, 0.717) is 43.4 Å². The summed E-state index contributed by atoms with van der Waals surface area (Å²) in [5.41, 5.74) is 2.87. The minimum absolute atomic E-state index is 0.0391. The first kappa shape index (κ1) is 16.6. The molecule has 0 fully saturated rings. The molecule has 0 bridgehead atoms. The van der Waals surface area contributed by atoms with E-state index in [1.54, 1.807) is 32.4 Å². The number of amides is 1. The predicted molar refractivity (Wildman–Crippen MR) is 95.4 cm³/mol. The Morgan fingerprint density at radius 3 is 2.15 bits per heavy atom. The molecule has 2 heterocycles. The van der Waals surface area contributed by atoms with Gasteiger partial charge in [0.25, 0.3) is 5.91 Å². The summed E-state index contributed by atoms with van der Waals surface area (Å²) in [4.78, 5) is 14.8. The van der Waals surface area contributed by atoms with Gasteiger partial charge < -0.3 is 23.8 Å². The van der Waals surface area contributed by atoms with Crippen molar-refractivity contribution in [3.8, 4) is 23.0 Å². The van der Waals surface area contributed by atoms with Gasteiger partial charge in [0.1, 0.15) is 24.7 Å². The van der Waals surface area contributed by atoms with Gasteiger partial charge in [0.2, 0.25) is 0 Å². The molecule has 0 N–H and O–H groups in total. The van der Waals surface area contributed by atoms with Crippen LogP contribution in [0.3, 0.4) is 0 Å². The molecule has 2 aromatic carbocycles. The molecule has 0 radical (unpaired) electrons. The third-order valence-corrected chi connectivity index (χ3v) is 4.76. The van der Waals surface area contributed by atoms with Crippen LogP contribution in [0.2, 0.25) is 0 Å². The Morgan fingerprint density at radius 1 is 0.923 bits per heavy atom. The first-order chi connectivity index (χ1) is 12.7. The summed E-state index contributed by atoms with van der Waals surface area (Å²) in [6.45, 7) is 2.33. The second-order valence-corrected chi connectivity index (χ2v) is 6.34. The Balaban J connectivity index is 1.59. The summed E-state index contributed by atoms with van der Waals surface area (Å²) < 4.78 is 21.9. The van der Waals surface area contributed by atoms with E-state index in [1.165, 1.54) is 5.56 Å². The van der Waals surface area contributed by atoms with Crippen molar-refractivity contribution < 1.29 is 23.7 Å². The summed E-state index contributed by atoms with van der Waals surface area (Å²) in [6, 6.07) is 9.27. The summed E-state index contributed by atoms with van der Waals surface area (Å²) >= 11 is 0. The number of ether oxygens (including phenoxy) is 4. The topological polar surface area (TPSA) is 57.2 Å². The maximum absolute atomic E-state index is 13.0. The SMILES string of the molecule is COc1cc(OC)cc(C(=O)N2CCc3cc4c(cc3C2)OCCO4)c1. The zero-order valence-corrected chi connectivity index (χ0v) is 14.9. The van der Waals surface area contributed by atoms with Crippen LogP contribution in [0.1, 0.15) is 21.5 Å². The van der Waals surface area contributed by atoms with E-state index in [2.05, 4.69) is 0 Å². The van der Waals surface area contributed by atoms with E-state index in [9.17, 15) is 4.79 Å². The lowest BCUT2D eigenvalue weighted by Crippen LogP contribution is -2.36. The fourth-order valence-electron chi connectivity index (χ4n) is 3.38. The average molecular weight is 355 g/mol. The van der Waals surface area contributed by atoms with Crippen LogP contribution in [0.4, 0.5) is 0 Å². The molecule has 1 amide bonds. The Bertz CT molecular complexity index is 826. The highest BCUT2D eigenvalue weighted by Crippen LogP contribution is 2.35. The van der Waals surface area contributed by atoms with Gasteiger partial charge >= 0.3 is 0 Å². The molecule has 2 aliphatic rings. The van der Waals surface area contributed by atoms with E-state index in [-0.39, 0.29) is 5.91 Å². The van der Waals surface area contributed by atoms with Crippen molar-refractivity contribution in [1.82, 2.24) is 4.90 Å². The van der Waals surface area contributed by atoms with Crippen LogP contribution in [0.5, 0.6) is 23.0 Å². The lowest BCUT2D eigenvalue weighted by Gasteiger charge is -2.30. The van der Waals surface area contributed by atoms with Gasteiger partial charge in [-0.25, -0.2) is 0 Å². The molecule has 2 aromatic rings. The van der Waals surface area contributed by atoms with Crippen LogP contribution >= 0.6 is 0 Å². The van der Waals surface area contributed by atoms with Gasteiger partial charge in [-0.15, -0.1) is 0 Å². The highest BCUT2D eigenvalue weighted by Gasteiger charge is 2.25. The zero-order chi connectivity index (χ0) is 18.1. The molecule has 0 saturated carbocycles. The highest BCUT2D eigenvalue weighted by molar-refractivity contribution is 5.95. The summed E-state index contributed by atoms with van der Waals surface area (Å²) in [5.74, 6) is 2.72. The molecule has 4 rings (SSSR count). The van der Waals surface area contributed by atoms with Crippen molar-refractivity contribution in [3.63, 3.8) is 0 Å². The smallest absolute Gasteiger partial charge is 0.254 e. The van der Waals surface area contributed by atoms with Crippen molar-refractivity contribution in [3.05, 3.63) is 47.0 Å². The maximum Gasteiger partial charge on any atom is 0.254 e. The fourth-order valence-corrected chi connectivity index (χ4v) is 3.38. The van der Waals surface area contributed by atoms with Gasteiger partial charge in [-0.05, 0) is 41.8 Å². The Morgan fingerprint density at radius 2 is 1.54 bits per heavy atom. The highest BCUT2D eigenvalue weighted by atomic mass is 16.6. The van der Waals surface area contributed by atoms with Crippen molar-refractivity contribution in [1.29, 1.82) is 0 Å². The summed E-state index contributed by atoms with van der Waals surface area (Å²) in [6.07, 6.45) is 0.790. The van der Waals surface area contributed by atoms with Gasteiger partial charge in [0, 0.05) is 24.7 Å². The van der Waals surface area contributed by atoms with Crippen LogP contribution in [-0.2, 0) is 13.0 Å². The van der Waals surface area contributed by atoms with E-state index < -0.39 is 0 Å². The Kier molecular flexibility index (Phi) is 4.32. The van der Waals surface area contributed by atoms with Crippen LogP contribution in [0.25, 0.3) is 0 Å². The van der Waals surface area contributed by atoms with Gasteiger partial charge in [0.05, 0.1) is 14.2 Å². The molecule has 26 heavy (non-hydrogen) atoms. The maximum atomic E-state index is 13.0. The molecule has 6 heteroatoms. The molecular weight excluding hydrogens is 334 g/mol. The molecule has 6 nitrogen and oxygen atoms in total. The van der Waals surface area contributed by atoms with E-state index >= 15 is 0 Å². The van der Waals surface area contributed by atoms with Crippen LogP contribution in [-0.4, -0.2) is 44.8 Å². The molecule has 0 aliphatic carbocycles. The lowest BCUT2D eigenvalue weighted by molar-refractivity contribution is 0.0733. The van der Waals surface area contributed by atoms with E-state index in [0.717, 1.165) is 23.5 Å². The number of rotatable bonds is 3. The van der Waals surface area contributed by atoms with E-state index in [4.69, 9.17) is 18.9 Å². The zero-order valence-electron chi connectivity index (χ0n) is 14.9. The number of hydrogen-bond acceptors (Lipinski definition) is 5. The molecule has 0 spiro atoms. The Labute approximate surface area is 152 Å². The number of methoxy groups -OCH3 is 2. The number of nitrogens with zero attached hydrogens (tertiary/aromatic N) is 1. The van der Waals surface area contributed by atoms with Gasteiger partial charge in [0.15, 0.2) is 11.5 Å². The number of hydrogen-bond donors (Lipinski definition) is 0. The summed E-state index contributed by atoms with van der Waals surface area (Å²) in [7, 11) is 3.15. The standard InChI is InChI=1S/C20H21NO5/c1-23-16-7-14(8-17(11-16)24-2)20(22)21-4-3-13-9-18-19(10-15(13)12-21)26-6-5-25-18/h7-11H,3-6,12H2,1-2H3. The predicted octanol–water partition coefficient (Wildman–Crippen LogP) is 2.67. The van der Waals surface area contributed by atoms with Crippen molar-refractivity contribution in [2.75, 3.05) is 34.0 Å². The monoisotopic (exact) mass is 355 g/mol. The second-order valence-electron chi connectivity index (χ2n) is 6.34. The number of carbonyl (C=O) groups is 1. The largest absolute Gasteiger partial charge is 0.497 e. The van der Waals surface area contributed by atoms with Gasteiger partial charge in [-0.3, -0.25) is 4.79 Å². The van der Waals surface area contributed by atoms with Crippen LogP contribution < -0.4 is 18.9 Å². The molecule has 0 saturated heterocycles. The Hall–Kier alpha value is -2.89. The first-order valence-corrected chi connectivity index (χ1v) is 8.61. The van der Waals surface area contributed by atoms with Gasteiger partial charge in [-0.2, -0.15) is 0 Å². The van der Waals surface area contributed by atoms with E-state index in [1.807, 2.05) is 17.0 Å². The molecule has 2 aliphatic heterocycles. The third kappa shape index (κ3) is 3.03. The van der Waals surface area contributed by atoms with Crippen LogP contribution in [0, 0.1) is 0 Å². The third-order valence-electron chi connectivity index (χ3n) is 4.76. The van der Waals surface area contributed by atoms with Crippen molar-refractivity contribution in [2.45, 2.75) is 13.0 Å². The number of carbonyl (C=O) groups excluding carboxylic acids is 1. The average Bonchev–Trinajstić information content (AvgIpc) is 2.70. The quantitative estimate of drug-likeness (QED) is 0.847. The fraction of sp³-hybridized carbons (Fsp3) is 0.350. The lowest BCUT2D eigenvalue weighted by atomic mass is 9.98. The second kappa shape index (κ2) is 6.78. The number of benzene rings is 2. The van der Waals surface area contributed by atoms with Crippen molar-refractivity contribution in [2.24, 2.45) is 0 Å². The molecule has 136 valence electrons. The van der Waals surface area contributed by atoms with Crippen LogP contribution in [0.15, 0.2) is 30.3 Å². The molecular formula is C20H21NO5. The normalized spacial score (nSPS) is 15.2. The van der Waals surface area contributed by atoms with Gasteiger partial charge in [-0.1, -0.05) is 0 Å².